The third-order valence-electron chi connectivity index (χ3n) is 1.94. The molecular formula is C10H8Cl2N2O. The Labute approximate surface area is 96.8 Å². The van der Waals surface area contributed by atoms with E-state index in [1.165, 1.54) is 0 Å². The average Bonchev–Trinajstić information content (AvgIpc) is 2.66. The number of rotatable bonds is 2. The predicted octanol–water partition coefficient (Wildman–Crippen LogP) is 3.11. The van der Waals surface area contributed by atoms with Crippen LogP contribution in [-0.2, 0) is 6.54 Å². The number of aromatic nitrogens is 1. The summed E-state index contributed by atoms with van der Waals surface area (Å²) in [6.07, 6.45) is 1.56. The molecular weight excluding hydrogens is 235 g/mol. The van der Waals surface area contributed by atoms with Crippen LogP contribution in [0.2, 0.25) is 10.0 Å². The Morgan fingerprint density at radius 2 is 1.93 bits per heavy atom. The summed E-state index contributed by atoms with van der Waals surface area (Å²) in [5, 5.41) is 1.06. The molecule has 0 unspecified atom stereocenters. The van der Waals surface area contributed by atoms with Crippen LogP contribution in [0.1, 0.15) is 5.89 Å². The lowest BCUT2D eigenvalue weighted by atomic mass is 10.2. The summed E-state index contributed by atoms with van der Waals surface area (Å²) in [4.78, 5) is 3.98. The Bertz CT molecular complexity index is 462. The number of benzene rings is 1. The zero-order valence-corrected chi connectivity index (χ0v) is 9.22. The summed E-state index contributed by atoms with van der Waals surface area (Å²) in [7, 11) is 0. The highest BCUT2D eigenvalue weighted by Crippen LogP contribution is 2.34. The maximum atomic E-state index is 6.01. The van der Waals surface area contributed by atoms with Gasteiger partial charge in [-0.3, -0.25) is 0 Å². The maximum absolute atomic E-state index is 6.01. The normalized spacial score (nSPS) is 10.6. The van der Waals surface area contributed by atoms with Gasteiger partial charge in [-0.2, -0.15) is 0 Å². The first-order valence-corrected chi connectivity index (χ1v) is 5.07. The van der Waals surface area contributed by atoms with Crippen LogP contribution >= 0.6 is 23.2 Å². The lowest BCUT2D eigenvalue weighted by Crippen LogP contribution is -1.94. The van der Waals surface area contributed by atoms with Gasteiger partial charge >= 0.3 is 0 Å². The average molecular weight is 243 g/mol. The van der Waals surface area contributed by atoms with E-state index in [1.54, 1.807) is 24.4 Å². The molecule has 15 heavy (non-hydrogen) atoms. The second kappa shape index (κ2) is 4.23. The van der Waals surface area contributed by atoms with Gasteiger partial charge in [0.15, 0.2) is 5.76 Å². The summed E-state index contributed by atoms with van der Waals surface area (Å²) in [6.45, 7) is 0.252. The largest absolute Gasteiger partial charge is 0.439 e. The molecule has 0 radical (unpaired) electrons. The number of nitrogens with two attached hydrogens (primary N) is 1. The van der Waals surface area contributed by atoms with Gasteiger partial charge in [-0.25, -0.2) is 4.98 Å². The number of nitrogens with zero attached hydrogens (tertiary/aromatic N) is 1. The zero-order chi connectivity index (χ0) is 10.8. The van der Waals surface area contributed by atoms with Crippen molar-refractivity contribution in [1.29, 1.82) is 0 Å². The van der Waals surface area contributed by atoms with Crippen molar-refractivity contribution in [2.45, 2.75) is 6.54 Å². The Morgan fingerprint density at radius 3 is 2.47 bits per heavy atom. The van der Waals surface area contributed by atoms with Crippen molar-refractivity contribution in [3.8, 4) is 11.3 Å². The first-order chi connectivity index (χ1) is 7.22. The summed E-state index contributed by atoms with van der Waals surface area (Å²) in [6, 6.07) is 5.26. The minimum absolute atomic E-state index is 0.252. The van der Waals surface area contributed by atoms with Crippen molar-refractivity contribution in [2.75, 3.05) is 0 Å². The number of hydrogen-bond donors (Lipinski definition) is 1. The van der Waals surface area contributed by atoms with E-state index in [0.29, 0.717) is 27.3 Å². The SMILES string of the molecule is NCc1ncc(-c2c(Cl)cccc2Cl)o1. The molecule has 78 valence electrons. The van der Waals surface area contributed by atoms with Gasteiger partial charge in [0.25, 0.3) is 0 Å². The number of oxazole rings is 1. The van der Waals surface area contributed by atoms with Gasteiger partial charge in [0.05, 0.1) is 28.4 Å². The first-order valence-electron chi connectivity index (χ1n) is 4.31. The van der Waals surface area contributed by atoms with Crippen molar-refractivity contribution in [3.63, 3.8) is 0 Å². The summed E-state index contributed by atoms with van der Waals surface area (Å²) in [5.74, 6) is 0.993. The summed E-state index contributed by atoms with van der Waals surface area (Å²) < 4.78 is 5.38. The van der Waals surface area contributed by atoms with Gasteiger partial charge in [-0.1, -0.05) is 29.3 Å². The predicted molar refractivity (Wildman–Crippen MR) is 59.9 cm³/mol. The van der Waals surface area contributed by atoms with Crippen molar-refractivity contribution in [1.82, 2.24) is 4.98 Å². The molecule has 2 aromatic rings. The Hall–Kier alpha value is -1.03. The van der Waals surface area contributed by atoms with Crippen molar-refractivity contribution in [3.05, 3.63) is 40.3 Å². The first kappa shape index (κ1) is 10.5. The Balaban J connectivity index is 2.53. The van der Waals surface area contributed by atoms with Crippen molar-refractivity contribution >= 4 is 23.2 Å². The molecule has 1 aromatic heterocycles. The lowest BCUT2D eigenvalue weighted by molar-refractivity contribution is 0.509. The minimum atomic E-state index is 0.252. The number of halogens is 2. The van der Waals surface area contributed by atoms with E-state index in [9.17, 15) is 0 Å². The third-order valence-corrected chi connectivity index (χ3v) is 2.57. The van der Waals surface area contributed by atoms with Crippen LogP contribution in [0.4, 0.5) is 0 Å². The van der Waals surface area contributed by atoms with E-state index in [0.717, 1.165) is 0 Å². The molecule has 1 heterocycles. The van der Waals surface area contributed by atoms with Crippen molar-refractivity contribution < 1.29 is 4.42 Å². The van der Waals surface area contributed by atoms with Gasteiger partial charge in [0.1, 0.15) is 0 Å². The highest BCUT2D eigenvalue weighted by Gasteiger charge is 2.12. The number of hydrogen-bond acceptors (Lipinski definition) is 3. The standard InChI is InChI=1S/C10H8Cl2N2O/c11-6-2-1-3-7(12)10(6)8-5-14-9(4-13)15-8/h1-3,5H,4,13H2. The fraction of sp³-hybridized carbons (Fsp3) is 0.100. The second-order valence-electron chi connectivity index (χ2n) is 2.92. The molecule has 0 saturated heterocycles. The summed E-state index contributed by atoms with van der Waals surface area (Å²) >= 11 is 12.0. The monoisotopic (exact) mass is 242 g/mol. The van der Waals surface area contributed by atoms with Gasteiger partial charge in [0.2, 0.25) is 5.89 Å². The highest BCUT2D eigenvalue weighted by molar-refractivity contribution is 6.39. The van der Waals surface area contributed by atoms with E-state index >= 15 is 0 Å². The minimum Gasteiger partial charge on any atom is -0.439 e. The topological polar surface area (TPSA) is 52.0 Å². The molecule has 3 nitrogen and oxygen atoms in total. The molecule has 0 aliphatic rings. The van der Waals surface area contributed by atoms with Crippen LogP contribution in [-0.4, -0.2) is 4.98 Å². The molecule has 5 heteroatoms. The highest BCUT2D eigenvalue weighted by atomic mass is 35.5. The third kappa shape index (κ3) is 2.00. The van der Waals surface area contributed by atoms with E-state index < -0.39 is 0 Å². The quantitative estimate of drug-likeness (QED) is 0.881. The van der Waals surface area contributed by atoms with Gasteiger partial charge in [0, 0.05) is 0 Å². The molecule has 0 spiro atoms. The van der Waals surface area contributed by atoms with Crippen molar-refractivity contribution in [2.24, 2.45) is 5.73 Å². The molecule has 0 atom stereocenters. The van der Waals surface area contributed by atoms with Crippen LogP contribution in [0.3, 0.4) is 0 Å². The molecule has 0 fully saturated rings. The maximum Gasteiger partial charge on any atom is 0.208 e. The fourth-order valence-corrected chi connectivity index (χ4v) is 1.84. The molecule has 0 bridgehead atoms. The zero-order valence-electron chi connectivity index (χ0n) is 7.71. The molecule has 0 aliphatic heterocycles. The molecule has 0 saturated carbocycles. The van der Waals surface area contributed by atoms with E-state index in [4.69, 9.17) is 33.4 Å². The van der Waals surface area contributed by atoms with Gasteiger partial charge in [-0.15, -0.1) is 0 Å². The van der Waals surface area contributed by atoms with Crippen LogP contribution in [0.25, 0.3) is 11.3 Å². The lowest BCUT2D eigenvalue weighted by Gasteiger charge is -2.01. The molecule has 0 amide bonds. The van der Waals surface area contributed by atoms with Crippen LogP contribution in [0, 0.1) is 0 Å². The Morgan fingerprint density at radius 1 is 1.27 bits per heavy atom. The van der Waals surface area contributed by atoms with Crippen LogP contribution in [0.5, 0.6) is 0 Å². The van der Waals surface area contributed by atoms with Crippen LogP contribution < -0.4 is 5.73 Å². The smallest absolute Gasteiger partial charge is 0.208 e. The molecule has 0 aliphatic carbocycles. The molecule has 2 rings (SSSR count). The van der Waals surface area contributed by atoms with Crippen LogP contribution in [0.15, 0.2) is 28.8 Å². The van der Waals surface area contributed by atoms with E-state index in [-0.39, 0.29) is 6.54 Å². The summed E-state index contributed by atoms with van der Waals surface area (Å²) in [5.41, 5.74) is 6.04. The van der Waals surface area contributed by atoms with E-state index in [2.05, 4.69) is 4.98 Å². The fourth-order valence-electron chi connectivity index (χ4n) is 1.25. The van der Waals surface area contributed by atoms with Gasteiger partial charge in [-0.05, 0) is 12.1 Å². The molecule has 1 aromatic carbocycles. The second-order valence-corrected chi connectivity index (χ2v) is 3.73. The molecule has 2 N–H and O–H groups in total. The van der Waals surface area contributed by atoms with Gasteiger partial charge < -0.3 is 10.2 Å². The van der Waals surface area contributed by atoms with E-state index in [1.807, 2.05) is 0 Å². The Kier molecular flexibility index (Phi) is 2.95.